The minimum absolute atomic E-state index is 0.0389. The van der Waals surface area contributed by atoms with Gasteiger partial charge in [0.1, 0.15) is 11.6 Å². The van der Waals surface area contributed by atoms with E-state index in [1.54, 1.807) is 30.3 Å². The molecule has 7 nitrogen and oxygen atoms in total. The second kappa shape index (κ2) is 8.61. The molecule has 0 aliphatic heterocycles. The Kier molecular flexibility index (Phi) is 5.99. The highest BCUT2D eigenvalue weighted by atomic mass is 32.2. The quantitative estimate of drug-likeness (QED) is 0.560. The molecule has 3 N–H and O–H groups in total. The van der Waals surface area contributed by atoms with E-state index in [4.69, 9.17) is 4.74 Å². The number of sulfonamides is 1. The van der Waals surface area contributed by atoms with Crippen LogP contribution in [0.5, 0.6) is 5.75 Å². The van der Waals surface area contributed by atoms with Gasteiger partial charge in [0.15, 0.2) is 0 Å². The van der Waals surface area contributed by atoms with E-state index < -0.39 is 21.9 Å². The number of hydrogen-bond acceptors (Lipinski definition) is 4. The zero-order valence-corrected chi connectivity index (χ0v) is 16.2. The van der Waals surface area contributed by atoms with Gasteiger partial charge in [-0.3, -0.25) is 4.72 Å². The van der Waals surface area contributed by atoms with Crippen molar-refractivity contribution >= 4 is 33.1 Å². The maximum absolute atomic E-state index is 12.9. The van der Waals surface area contributed by atoms with Crippen LogP contribution in [0.3, 0.4) is 0 Å². The highest BCUT2D eigenvalue weighted by Crippen LogP contribution is 2.26. The topological polar surface area (TPSA) is 96.5 Å². The molecule has 0 radical (unpaired) electrons. The van der Waals surface area contributed by atoms with Crippen molar-refractivity contribution in [1.29, 1.82) is 0 Å². The normalized spacial score (nSPS) is 10.8. The van der Waals surface area contributed by atoms with Crippen molar-refractivity contribution in [1.82, 2.24) is 0 Å². The van der Waals surface area contributed by atoms with Crippen LogP contribution in [0, 0.1) is 5.82 Å². The van der Waals surface area contributed by atoms with Gasteiger partial charge in [0.2, 0.25) is 0 Å². The summed E-state index contributed by atoms with van der Waals surface area (Å²) in [6, 6.07) is 17.0. The molecule has 0 aliphatic carbocycles. The van der Waals surface area contributed by atoms with Crippen molar-refractivity contribution in [2.75, 3.05) is 22.5 Å². The fourth-order valence-electron chi connectivity index (χ4n) is 2.50. The third-order valence-electron chi connectivity index (χ3n) is 3.86. The number of benzene rings is 3. The molecule has 0 saturated heterocycles. The van der Waals surface area contributed by atoms with Crippen LogP contribution >= 0.6 is 0 Å². The summed E-state index contributed by atoms with van der Waals surface area (Å²) in [5.41, 5.74) is 0.959. The average molecular weight is 415 g/mol. The van der Waals surface area contributed by atoms with Gasteiger partial charge in [0, 0.05) is 11.4 Å². The number of hydrogen-bond donors (Lipinski definition) is 3. The van der Waals surface area contributed by atoms with Gasteiger partial charge in [-0.1, -0.05) is 18.2 Å². The standard InChI is InChI=1S/C20H18FN3O4S/c1-28-19-8-3-2-7-18(19)24-29(26,27)17-6-4-5-16(13-17)23-20(25)22-15-11-9-14(21)10-12-15/h2-13,24H,1H3,(H2,22,23,25). The van der Waals surface area contributed by atoms with E-state index in [1.807, 2.05) is 0 Å². The molecule has 9 heteroatoms. The fourth-order valence-corrected chi connectivity index (χ4v) is 3.62. The number of nitrogens with one attached hydrogen (secondary N) is 3. The first kappa shape index (κ1) is 20.2. The first-order valence-corrected chi connectivity index (χ1v) is 9.95. The summed E-state index contributed by atoms with van der Waals surface area (Å²) in [7, 11) is -2.47. The number of para-hydroxylation sites is 2. The van der Waals surface area contributed by atoms with Gasteiger partial charge in [-0.15, -0.1) is 0 Å². The van der Waals surface area contributed by atoms with Crippen LogP contribution in [0.4, 0.5) is 26.2 Å². The van der Waals surface area contributed by atoms with E-state index in [0.29, 0.717) is 17.1 Å². The molecule has 29 heavy (non-hydrogen) atoms. The summed E-state index contributed by atoms with van der Waals surface area (Å²) in [4.78, 5) is 12.1. The van der Waals surface area contributed by atoms with Crippen LogP contribution in [0.2, 0.25) is 0 Å². The number of ether oxygens (including phenoxy) is 1. The minimum atomic E-state index is -3.91. The summed E-state index contributed by atoms with van der Waals surface area (Å²) < 4.78 is 45.9. The maximum atomic E-state index is 12.9. The Balaban J connectivity index is 1.74. The summed E-state index contributed by atoms with van der Waals surface area (Å²) in [5, 5.41) is 5.08. The zero-order valence-electron chi connectivity index (χ0n) is 15.3. The first-order valence-electron chi connectivity index (χ1n) is 8.47. The molecule has 0 fully saturated rings. The largest absolute Gasteiger partial charge is 0.495 e. The predicted octanol–water partition coefficient (Wildman–Crippen LogP) is 4.28. The lowest BCUT2D eigenvalue weighted by Crippen LogP contribution is -2.20. The average Bonchev–Trinajstić information content (AvgIpc) is 2.70. The Bertz CT molecular complexity index is 1120. The molecule has 2 amide bonds. The molecule has 0 bridgehead atoms. The van der Waals surface area contributed by atoms with Crippen molar-refractivity contribution in [3.63, 3.8) is 0 Å². The molecule has 3 rings (SSSR count). The van der Waals surface area contributed by atoms with Gasteiger partial charge < -0.3 is 15.4 Å². The Morgan fingerprint density at radius 3 is 2.31 bits per heavy atom. The molecular formula is C20H18FN3O4S. The molecule has 0 heterocycles. The summed E-state index contributed by atoms with van der Waals surface area (Å²) in [5.74, 6) is -0.0413. The van der Waals surface area contributed by atoms with Gasteiger partial charge in [-0.2, -0.15) is 0 Å². The molecule has 0 saturated carbocycles. The number of carbonyl (C=O) groups is 1. The number of halogens is 1. The maximum Gasteiger partial charge on any atom is 0.323 e. The third kappa shape index (κ3) is 5.23. The van der Waals surface area contributed by atoms with E-state index in [-0.39, 0.29) is 10.6 Å². The Morgan fingerprint density at radius 2 is 1.59 bits per heavy atom. The van der Waals surface area contributed by atoms with Gasteiger partial charge in [0.05, 0.1) is 17.7 Å². The van der Waals surface area contributed by atoms with Crippen molar-refractivity contribution in [3.05, 3.63) is 78.6 Å². The smallest absolute Gasteiger partial charge is 0.323 e. The SMILES string of the molecule is COc1ccccc1NS(=O)(=O)c1cccc(NC(=O)Nc2ccc(F)cc2)c1. The minimum Gasteiger partial charge on any atom is -0.495 e. The van der Waals surface area contributed by atoms with Crippen LogP contribution in [0.25, 0.3) is 0 Å². The van der Waals surface area contributed by atoms with E-state index in [9.17, 15) is 17.6 Å². The molecule has 0 atom stereocenters. The highest BCUT2D eigenvalue weighted by molar-refractivity contribution is 7.92. The monoisotopic (exact) mass is 415 g/mol. The molecule has 3 aromatic rings. The van der Waals surface area contributed by atoms with Crippen LogP contribution < -0.4 is 20.1 Å². The number of carbonyl (C=O) groups excluding carboxylic acids is 1. The number of anilines is 3. The van der Waals surface area contributed by atoms with Crippen molar-refractivity contribution in [3.8, 4) is 5.75 Å². The Labute approximate surface area is 167 Å². The Hall–Kier alpha value is -3.59. The second-order valence-electron chi connectivity index (χ2n) is 5.92. The molecule has 150 valence electrons. The summed E-state index contributed by atoms with van der Waals surface area (Å²) in [6.07, 6.45) is 0. The van der Waals surface area contributed by atoms with Crippen LogP contribution in [0.15, 0.2) is 77.7 Å². The molecule has 0 aliphatic rings. The fraction of sp³-hybridized carbons (Fsp3) is 0.0500. The van der Waals surface area contributed by atoms with Crippen LogP contribution in [-0.4, -0.2) is 21.6 Å². The van der Waals surface area contributed by atoms with E-state index in [0.717, 1.165) is 0 Å². The van der Waals surface area contributed by atoms with Gasteiger partial charge in [-0.05, 0) is 54.6 Å². The lowest BCUT2D eigenvalue weighted by atomic mass is 10.3. The van der Waals surface area contributed by atoms with E-state index in [1.165, 1.54) is 49.6 Å². The van der Waals surface area contributed by atoms with Crippen molar-refractivity contribution in [2.24, 2.45) is 0 Å². The van der Waals surface area contributed by atoms with E-state index in [2.05, 4.69) is 15.4 Å². The van der Waals surface area contributed by atoms with E-state index >= 15 is 0 Å². The number of amides is 2. The number of rotatable bonds is 6. The first-order chi connectivity index (χ1) is 13.9. The number of methoxy groups -OCH3 is 1. The number of urea groups is 1. The van der Waals surface area contributed by atoms with Gasteiger partial charge in [0.25, 0.3) is 10.0 Å². The molecule has 0 spiro atoms. The van der Waals surface area contributed by atoms with Crippen LogP contribution in [-0.2, 0) is 10.0 Å². The third-order valence-corrected chi connectivity index (χ3v) is 5.22. The highest BCUT2D eigenvalue weighted by Gasteiger charge is 2.17. The second-order valence-corrected chi connectivity index (χ2v) is 7.60. The van der Waals surface area contributed by atoms with Gasteiger partial charge >= 0.3 is 6.03 Å². The zero-order chi connectivity index (χ0) is 20.9. The van der Waals surface area contributed by atoms with Gasteiger partial charge in [-0.25, -0.2) is 17.6 Å². The molecule has 0 aromatic heterocycles. The predicted molar refractivity (Wildman–Crippen MR) is 109 cm³/mol. The Morgan fingerprint density at radius 1 is 0.897 bits per heavy atom. The summed E-state index contributed by atoms with van der Waals surface area (Å²) >= 11 is 0. The van der Waals surface area contributed by atoms with Crippen molar-refractivity contribution < 1.29 is 22.3 Å². The lowest BCUT2D eigenvalue weighted by molar-refractivity contribution is 0.262. The molecular weight excluding hydrogens is 397 g/mol. The van der Waals surface area contributed by atoms with Crippen LogP contribution in [0.1, 0.15) is 0 Å². The molecule has 0 unspecified atom stereocenters. The summed E-state index contributed by atoms with van der Waals surface area (Å²) in [6.45, 7) is 0. The van der Waals surface area contributed by atoms with Crippen molar-refractivity contribution in [2.45, 2.75) is 4.90 Å². The lowest BCUT2D eigenvalue weighted by Gasteiger charge is -2.13. The molecule has 3 aromatic carbocycles.